The molecule has 5 nitrogen and oxygen atoms in total. The highest BCUT2D eigenvalue weighted by Gasteiger charge is 2.26. The van der Waals surface area contributed by atoms with Gasteiger partial charge in [0.1, 0.15) is 17.3 Å². The number of halogens is 1. The molecule has 2 aromatic carbocycles. The number of amides is 2. The molecule has 33 heavy (non-hydrogen) atoms. The van der Waals surface area contributed by atoms with Crippen LogP contribution >= 0.6 is 0 Å². The van der Waals surface area contributed by atoms with E-state index in [0.717, 1.165) is 48.3 Å². The van der Waals surface area contributed by atoms with E-state index in [1.165, 1.54) is 18.6 Å². The monoisotopic (exact) mass is 446 g/mol. The zero-order valence-electron chi connectivity index (χ0n) is 18.5. The minimum atomic E-state index is -0.417. The summed E-state index contributed by atoms with van der Waals surface area (Å²) in [7, 11) is 0. The summed E-state index contributed by atoms with van der Waals surface area (Å²) >= 11 is 0. The average molecular weight is 447 g/mol. The van der Waals surface area contributed by atoms with E-state index in [1.807, 2.05) is 30.3 Å². The summed E-state index contributed by atoms with van der Waals surface area (Å²) in [6, 6.07) is 15.4. The van der Waals surface area contributed by atoms with Crippen LogP contribution in [-0.4, -0.2) is 23.3 Å². The molecule has 0 spiro atoms. The maximum Gasteiger partial charge on any atom is 0.254 e. The van der Waals surface area contributed by atoms with Gasteiger partial charge in [0, 0.05) is 47.8 Å². The molecular weight excluding hydrogens is 419 g/mol. The van der Waals surface area contributed by atoms with Crippen molar-refractivity contribution in [1.29, 1.82) is 0 Å². The van der Waals surface area contributed by atoms with Gasteiger partial charge in [-0.2, -0.15) is 0 Å². The van der Waals surface area contributed by atoms with Crippen molar-refractivity contribution in [2.24, 2.45) is 5.92 Å². The molecule has 1 fully saturated rings. The molecule has 1 aliphatic carbocycles. The van der Waals surface area contributed by atoms with Crippen molar-refractivity contribution in [2.75, 3.05) is 11.9 Å². The minimum absolute atomic E-state index is 0.0945. The van der Waals surface area contributed by atoms with Crippen LogP contribution in [0.1, 0.15) is 53.8 Å². The first kappa shape index (κ1) is 21.4. The van der Waals surface area contributed by atoms with Gasteiger partial charge in [0.2, 0.25) is 5.91 Å². The first-order chi connectivity index (χ1) is 16.1. The highest BCUT2D eigenvalue weighted by molar-refractivity contribution is 5.94. The Bertz CT molecular complexity index is 1180. The summed E-state index contributed by atoms with van der Waals surface area (Å²) in [5.74, 6) is 1.17. The molecule has 170 valence electrons. The maximum absolute atomic E-state index is 13.5. The largest absolute Gasteiger partial charge is 0.461 e. The Kier molecular flexibility index (Phi) is 5.99. The van der Waals surface area contributed by atoms with Gasteiger partial charge in [-0.3, -0.25) is 9.59 Å². The van der Waals surface area contributed by atoms with Gasteiger partial charge < -0.3 is 14.6 Å². The van der Waals surface area contributed by atoms with E-state index in [2.05, 4.69) is 5.32 Å². The quantitative estimate of drug-likeness (QED) is 0.551. The van der Waals surface area contributed by atoms with E-state index in [9.17, 15) is 14.0 Å². The van der Waals surface area contributed by atoms with Crippen LogP contribution in [0, 0.1) is 11.7 Å². The van der Waals surface area contributed by atoms with Gasteiger partial charge in [-0.05, 0) is 49.2 Å². The van der Waals surface area contributed by atoms with Crippen LogP contribution in [0.5, 0.6) is 0 Å². The Balaban J connectivity index is 1.30. The van der Waals surface area contributed by atoms with Crippen molar-refractivity contribution in [3.8, 4) is 11.3 Å². The van der Waals surface area contributed by atoms with Gasteiger partial charge >= 0.3 is 0 Å². The molecule has 2 aliphatic rings. The number of furan rings is 1. The lowest BCUT2D eigenvalue weighted by molar-refractivity contribution is -0.120. The number of carbonyl (C=O) groups is 2. The summed E-state index contributed by atoms with van der Waals surface area (Å²) in [5, 5.41) is 3.06. The van der Waals surface area contributed by atoms with E-state index in [4.69, 9.17) is 4.42 Å². The molecule has 5 rings (SSSR count). The number of anilines is 1. The lowest BCUT2D eigenvalue weighted by atomic mass is 9.88. The van der Waals surface area contributed by atoms with Crippen LogP contribution in [0.15, 0.2) is 59.0 Å². The number of fused-ring (bicyclic) bond motifs is 1. The van der Waals surface area contributed by atoms with Crippen LogP contribution in [0.4, 0.5) is 10.1 Å². The summed E-state index contributed by atoms with van der Waals surface area (Å²) < 4.78 is 19.6. The van der Waals surface area contributed by atoms with Crippen LogP contribution in [0.2, 0.25) is 0 Å². The fourth-order valence-corrected chi connectivity index (χ4v) is 4.81. The molecule has 1 N–H and O–H groups in total. The molecule has 6 heteroatoms. The Labute approximate surface area is 192 Å². The second-order valence-corrected chi connectivity index (χ2v) is 8.95. The smallest absolute Gasteiger partial charge is 0.254 e. The molecular formula is C27H27FN2O3. The fourth-order valence-electron chi connectivity index (χ4n) is 4.81. The molecule has 0 atom stereocenters. The lowest BCUT2D eigenvalue weighted by Gasteiger charge is -2.26. The molecule has 0 radical (unpaired) electrons. The number of nitrogens with one attached hydrogen (secondary N) is 1. The van der Waals surface area contributed by atoms with E-state index in [-0.39, 0.29) is 17.7 Å². The molecule has 0 bridgehead atoms. The zero-order valence-corrected chi connectivity index (χ0v) is 18.5. The standard InChI is InChI=1S/C27H27FN2O3/c28-22-10-4-9-20(14-22)27(32)30-13-12-24-21(17-30)16-25(33-24)19-8-5-11-23(15-19)29-26(31)18-6-2-1-3-7-18/h4-5,8-11,14-16,18H,1-3,6-7,12-13,17H2,(H,29,31). The Hall–Kier alpha value is -3.41. The molecule has 0 unspecified atom stereocenters. The number of hydrogen-bond acceptors (Lipinski definition) is 3. The highest BCUT2D eigenvalue weighted by atomic mass is 19.1. The molecule has 1 aliphatic heterocycles. The molecule has 0 saturated heterocycles. The van der Waals surface area contributed by atoms with E-state index in [1.54, 1.807) is 17.0 Å². The normalized spacial score (nSPS) is 16.3. The van der Waals surface area contributed by atoms with E-state index >= 15 is 0 Å². The molecule has 1 saturated carbocycles. The second-order valence-electron chi connectivity index (χ2n) is 8.95. The van der Waals surface area contributed by atoms with Crippen molar-refractivity contribution in [3.63, 3.8) is 0 Å². The van der Waals surface area contributed by atoms with Crippen molar-refractivity contribution < 1.29 is 18.4 Å². The SMILES string of the molecule is O=C(Nc1cccc(-c2cc3c(o2)CCN(C(=O)c2cccc(F)c2)C3)c1)C1CCCCC1. The third kappa shape index (κ3) is 4.70. The highest BCUT2D eigenvalue weighted by Crippen LogP contribution is 2.32. The topological polar surface area (TPSA) is 62.6 Å². The number of hydrogen-bond donors (Lipinski definition) is 1. The summed E-state index contributed by atoms with van der Waals surface area (Å²) in [5.41, 5.74) is 2.95. The van der Waals surface area contributed by atoms with Crippen molar-refractivity contribution >= 4 is 17.5 Å². The van der Waals surface area contributed by atoms with Gasteiger partial charge in [-0.15, -0.1) is 0 Å². The Morgan fingerprint density at radius 2 is 1.82 bits per heavy atom. The second kappa shape index (κ2) is 9.22. The molecule has 2 heterocycles. The van der Waals surface area contributed by atoms with Gasteiger partial charge in [-0.25, -0.2) is 4.39 Å². The van der Waals surface area contributed by atoms with Crippen LogP contribution in [0.3, 0.4) is 0 Å². The number of rotatable bonds is 4. The maximum atomic E-state index is 13.5. The van der Waals surface area contributed by atoms with E-state index < -0.39 is 5.82 Å². The summed E-state index contributed by atoms with van der Waals surface area (Å²) in [6.07, 6.45) is 5.98. The minimum Gasteiger partial charge on any atom is -0.461 e. The van der Waals surface area contributed by atoms with Gasteiger partial charge in [0.15, 0.2) is 0 Å². The lowest BCUT2D eigenvalue weighted by Crippen LogP contribution is -2.35. The van der Waals surface area contributed by atoms with Gasteiger partial charge in [0.25, 0.3) is 5.91 Å². The Morgan fingerprint density at radius 3 is 2.64 bits per heavy atom. The average Bonchev–Trinajstić information content (AvgIpc) is 3.28. The zero-order chi connectivity index (χ0) is 22.8. The molecule has 3 aromatic rings. The predicted octanol–water partition coefficient (Wildman–Crippen LogP) is 5.80. The predicted molar refractivity (Wildman–Crippen MR) is 124 cm³/mol. The van der Waals surface area contributed by atoms with Crippen molar-refractivity contribution in [2.45, 2.75) is 45.1 Å². The van der Waals surface area contributed by atoms with E-state index in [0.29, 0.717) is 30.8 Å². The first-order valence-electron chi connectivity index (χ1n) is 11.6. The summed E-state index contributed by atoms with van der Waals surface area (Å²) in [4.78, 5) is 27.1. The van der Waals surface area contributed by atoms with Crippen LogP contribution in [-0.2, 0) is 17.8 Å². The molecule has 2 amide bonds. The number of benzene rings is 2. The fraction of sp³-hybridized carbons (Fsp3) is 0.333. The van der Waals surface area contributed by atoms with Crippen molar-refractivity contribution in [1.82, 2.24) is 4.90 Å². The number of nitrogens with zero attached hydrogens (tertiary/aromatic N) is 1. The van der Waals surface area contributed by atoms with Gasteiger partial charge in [0.05, 0.1) is 0 Å². The third-order valence-corrected chi connectivity index (χ3v) is 6.62. The number of carbonyl (C=O) groups excluding carboxylic acids is 2. The Morgan fingerprint density at radius 1 is 1.00 bits per heavy atom. The van der Waals surface area contributed by atoms with Crippen molar-refractivity contribution in [3.05, 3.63) is 77.3 Å². The first-order valence-corrected chi connectivity index (χ1v) is 11.6. The van der Waals surface area contributed by atoms with Crippen LogP contribution in [0.25, 0.3) is 11.3 Å². The third-order valence-electron chi connectivity index (χ3n) is 6.62. The molecule has 1 aromatic heterocycles. The van der Waals surface area contributed by atoms with Crippen LogP contribution < -0.4 is 5.32 Å². The summed E-state index contributed by atoms with van der Waals surface area (Å²) in [6.45, 7) is 0.944. The van der Waals surface area contributed by atoms with Gasteiger partial charge in [-0.1, -0.05) is 37.5 Å².